The van der Waals surface area contributed by atoms with Crippen molar-refractivity contribution in [3.05, 3.63) is 59.7 Å². The minimum atomic E-state index is 0.988. The predicted molar refractivity (Wildman–Crippen MR) is 81.2 cm³/mol. The number of benzene rings is 2. The predicted octanol–water partition coefficient (Wildman–Crippen LogP) is 4.84. The van der Waals surface area contributed by atoms with Crippen LogP contribution in [0, 0.1) is 13.8 Å². The Morgan fingerprint density at radius 2 is 1.72 bits per heavy atom. The van der Waals surface area contributed by atoms with Gasteiger partial charge in [0.2, 0.25) is 0 Å². The summed E-state index contributed by atoms with van der Waals surface area (Å²) in [5.41, 5.74) is 3.90. The van der Waals surface area contributed by atoms with Gasteiger partial charge in [-0.3, -0.25) is 0 Å². The highest BCUT2D eigenvalue weighted by Gasteiger charge is 2.08. The summed E-state index contributed by atoms with van der Waals surface area (Å²) in [5, 5.41) is 0. The lowest BCUT2D eigenvalue weighted by molar-refractivity contribution is 1.10. The van der Waals surface area contributed by atoms with Crippen LogP contribution in [0.15, 0.2) is 53.4 Å². The van der Waals surface area contributed by atoms with Crippen molar-refractivity contribution in [2.45, 2.75) is 25.7 Å². The average Bonchev–Trinajstić information content (AvgIpc) is 2.41. The van der Waals surface area contributed by atoms with Crippen LogP contribution in [-0.4, -0.2) is 6.54 Å². The zero-order valence-electron chi connectivity index (χ0n) is 11.2. The van der Waals surface area contributed by atoms with E-state index in [1.54, 1.807) is 0 Å². The van der Waals surface area contributed by atoms with E-state index in [4.69, 9.17) is 0 Å². The van der Waals surface area contributed by atoms with Crippen LogP contribution in [0.1, 0.15) is 18.1 Å². The van der Waals surface area contributed by atoms with Gasteiger partial charge in [0.25, 0.3) is 0 Å². The molecule has 0 aliphatic heterocycles. The molecule has 0 fully saturated rings. The normalized spacial score (nSPS) is 10.4. The molecule has 0 heterocycles. The van der Waals surface area contributed by atoms with E-state index < -0.39 is 0 Å². The third-order valence-corrected chi connectivity index (χ3v) is 4.21. The zero-order valence-corrected chi connectivity index (χ0v) is 12.0. The lowest BCUT2D eigenvalue weighted by Crippen LogP contribution is -2.13. The highest BCUT2D eigenvalue weighted by Crippen LogP contribution is 2.31. The molecule has 94 valence electrons. The van der Waals surface area contributed by atoms with Gasteiger partial charge in [-0.15, -0.1) is 0 Å². The number of hydrogen-bond acceptors (Lipinski definition) is 2. The lowest BCUT2D eigenvalue weighted by Gasteiger charge is -2.22. The Bertz CT molecular complexity index is 508. The smallest absolute Gasteiger partial charge is 0.0473 e. The molecular formula is C16H19NS. The Kier molecular flexibility index (Phi) is 4.32. The summed E-state index contributed by atoms with van der Waals surface area (Å²) in [7, 11) is 0. The SMILES string of the molecule is CCN(Sc1cc(C)ccc1C)c1ccccc1. The standard InChI is InChI=1S/C16H19NS/c1-4-17(15-8-6-5-7-9-15)18-16-12-13(2)10-11-14(16)3/h5-12H,4H2,1-3H3. The van der Waals surface area contributed by atoms with Gasteiger partial charge in [0.05, 0.1) is 0 Å². The van der Waals surface area contributed by atoms with Crippen molar-refractivity contribution in [2.75, 3.05) is 10.8 Å². The first kappa shape index (κ1) is 13.0. The van der Waals surface area contributed by atoms with Gasteiger partial charge in [0.15, 0.2) is 0 Å². The van der Waals surface area contributed by atoms with E-state index >= 15 is 0 Å². The van der Waals surface area contributed by atoms with E-state index in [1.807, 2.05) is 11.9 Å². The van der Waals surface area contributed by atoms with Crippen molar-refractivity contribution in [3.8, 4) is 0 Å². The second kappa shape index (κ2) is 5.96. The van der Waals surface area contributed by atoms with Crippen LogP contribution in [-0.2, 0) is 0 Å². The molecule has 0 bridgehead atoms. The van der Waals surface area contributed by atoms with Crippen molar-refractivity contribution in [1.29, 1.82) is 0 Å². The third kappa shape index (κ3) is 3.08. The number of para-hydroxylation sites is 1. The molecular weight excluding hydrogens is 238 g/mol. The molecule has 2 rings (SSSR count). The summed E-state index contributed by atoms with van der Waals surface area (Å²) < 4.78 is 2.32. The van der Waals surface area contributed by atoms with E-state index in [9.17, 15) is 0 Å². The molecule has 0 N–H and O–H groups in total. The molecule has 2 aromatic rings. The van der Waals surface area contributed by atoms with Gasteiger partial charge in [-0.25, -0.2) is 0 Å². The summed E-state index contributed by atoms with van der Waals surface area (Å²) in [6.07, 6.45) is 0. The second-order valence-corrected chi connectivity index (χ2v) is 5.45. The monoisotopic (exact) mass is 257 g/mol. The molecule has 18 heavy (non-hydrogen) atoms. The topological polar surface area (TPSA) is 3.24 Å². The Balaban J connectivity index is 2.23. The van der Waals surface area contributed by atoms with Gasteiger partial charge >= 0.3 is 0 Å². The van der Waals surface area contributed by atoms with E-state index in [1.165, 1.54) is 21.7 Å². The quantitative estimate of drug-likeness (QED) is 0.721. The number of aryl methyl sites for hydroxylation is 2. The molecule has 0 aromatic heterocycles. The summed E-state index contributed by atoms with van der Waals surface area (Å²) in [6, 6.07) is 17.1. The molecule has 1 nitrogen and oxygen atoms in total. The van der Waals surface area contributed by atoms with Gasteiger partial charge in [0.1, 0.15) is 0 Å². The van der Waals surface area contributed by atoms with Crippen LogP contribution < -0.4 is 4.31 Å². The number of anilines is 1. The van der Waals surface area contributed by atoms with Crippen molar-refractivity contribution in [2.24, 2.45) is 0 Å². The lowest BCUT2D eigenvalue weighted by atomic mass is 10.2. The number of rotatable bonds is 4. The van der Waals surface area contributed by atoms with Gasteiger partial charge in [0, 0.05) is 17.1 Å². The maximum atomic E-state index is 2.32. The van der Waals surface area contributed by atoms with Crippen LogP contribution in [0.5, 0.6) is 0 Å². The summed E-state index contributed by atoms with van der Waals surface area (Å²) in [4.78, 5) is 1.33. The Hall–Kier alpha value is -1.41. The largest absolute Gasteiger partial charge is 0.312 e. The molecule has 0 unspecified atom stereocenters. The van der Waals surface area contributed by atoms with Crippen molar-refractivity contribution >= 4 is 17.6 Å². The van der Waals surface area contributed by atoms with Crippen LogP contribution >= 0.6 is 11.9 Å². The van der Waals surface area contributed by atoms with E-state index in [-0.39, 0.29) is 0 Å². The highest BCUT2D eigenvalue weighted by atomic mass is 32.2. The van der Waals surface area contributed by atoms with Crippen molar-refractivity contribution < 1.29 is 0 Å². The molecule has 0 saturated carbocycles. The first-order valence-electron chi connectivity index (χ1n) is 6.28. The first-order chi connectivity index (χ1) is 8.70. The maximum absolute atomic E-state index is 2.32. The summed E-state index contributed by atoms with van der Waals surface area (Å²) in [5.74, 6) is 0. The molecule has 0 amide bonds. The molecule has 0 radical (unpaired) electrons. The van der Waals surface area contributed by atoms with Crippen LogP contribution in [0.25, 0.3) is 0 Å². The minimum absolute atomic E-state index is 0.988. The molecule has 0 spiro atoms. The minimum Gasteiger partial charge on any atom is -0.312 e. The van der Waals surface area contributed by atoms with Crippen molar-refractivity contribution in [3.63, 3.8) is 0 Å². The molecule has 2 heteroatoms. The first-order valence-corrected chi connectivity index (χ1v) is 7.06. The molecule has 2 aromatic carbocycles. The molecule has 0 saturated heterocycles. The molecule has 0 atom stereocenters. The fraction of sp³-hybridized carbons (Fsp3) is 0.250. The van der Waals surface area contributed by atoms with Gasteiger partial charge in [-0.1, -0.05) is 30.3 Å². The van der Waals surface area contributed by atoms with E-state index in [2.05, 4.69) is 73.6 Å². The Morgan fingerprint density at radius 3 is 2.39 bits per heavy atom. The van der Waals surface area contributed by atoms with E-state index in [0.717, 1.165) is 6.54 Å². The number of nitrogens with zero attached hydrogens (tertiary/aromatic N) is 1. The molecule has 0 aliphatic carbocycles. The maximum Gasteiger partial charge on any atom is 0.0473 e. The zero-order chi connectivity index (χ0) is 13.0. The Labute approximate surface area is 114 Å². The van der Waals surface area contributed by atoms with Gasteiger partial charge in [-0.05, 0) is 62.0 Å². The second-order valence-electron chi connectivity index (χ2n) is 4.39. The fourth-order valence-corrected chi connectivity index (χ4v) is 2.86. The summed E-state index contributed by atoms with van der Waals surface area (Å²) >= 11 is 1.82. The van der Waals surface area contributed by atoms with Crippen molar-refractivity contribution in [1.82, 2.24) is 0 Å². The Morgan fingerprint density at radius 1 is 1.00 bits per heavy atom. The highest BCUT2D eigenvalue weighted by molar-refractivity contribution is 8.00. The van der Waals surface area contributed by atoms with Crippen LogP contribution in [0.4, 0.5) is 5.69 Å². The fourth-order valence-electron chi connectivity index (χ4n) is 1.82. The average molecular weight is 257 g/mol. The van der Waals surface area contributed by atoms with Crippen LogP contribution in [0.2, 0.25) is 0 Å². The van der Waals surface area contributed by atoms with Gasteiger partial charge < -0.3 is 4.31 Å². The third-order valence-electron chi connectivity index (χ3n) is 2.88. The van der Waals surface area contributed by atoms with E-state index in [0.29, 0.717) is 0 Å². The van der Waals surface area contributed by atoms with Crippen LogP contribution in [0.3, 0.4) is 0 Å². The number of hydrogen-bond donors (Lipinski definition) is 0. The summed E-state index contributed by atoms with van der Waals surface area (Å²) in [6.45, 7) is 7.48. The van der Waals surface area contributed by atoms with Gasteiger partial charge in [-0.2, -0.15) is 0 Å². The molecule has 0 aliphatic rings.